The van der Waals surface area contributed by atoms with Gasteiger partial charge in [-0.15, -0.1) is 0 Å². The molecule has 6 aromatic rings. The lowest BCUT2D eigenvalue weighted by molar-refractivity contribution is -0.136. The molecule has 0 aliphatic heterocycles. The van der Waals surface area contributed by atoms with Gasteiger partial charge in [-0.25, -0.2) is 4.79 Å². The highest BCUT2D eigenvalue weighted by Gasteiger charge is 2.25. The third kappa shape index (κ3) is 9.66. The topological polar surface area (TPSA) is 81.7 Å². The monoisotopic (exact) mass is 736 g/mol. The molecule has 0 saturated carbocycles. The average Bonchev–Trinajstić information content (AvgIpc) is 3.24. The number of benzene rings is 6. The van der Waals surface area contributed by atoms with Gasteiger partial charge < -0.3 is 33.2 Å². The summed E-state index contributed by atoms with van der Waals surface area (Å²) in [6, 6.07) is 46.3. The first-order valence-electron chi connectivity index (χ1n) is 18.0. The summed E-state index contributed by atoms with van der Waals surface area (Å²) in [5.41, 5.74) is 5.83. The summed E-state index contributed by atoms with van der Waals surface area (Å²) in [7, 11) is 4.75. The van der Waals surface area contributed by atoms with Crippen molar-refractivity contribution in [2.24, 2.45) is 0 Å². The third-order valence-corrected chi connectivity index (χ3v) is 8.80. The molecule has 8 heteroatoms. The predicted octanol–water partition coefficient (Wildman–Crippen LogP) is 9.97. The highest BCUT2D eigenvalue weighted by molar-refractivity contribution is 6.27. The molecule has 0 bridgehead atoms. The Kier molecular flexibility index (Phi) is 13.1. The Bertz CT molecular complexity index is 2100. The van der Waals surface area contributed by atoms with E-state index in [-0.39, 0.29) is 6.61 Å². The quantitative estimate of drug-likeness (QED) is 0.0520. The van der Waals surface area contributed by atoms with Crippen LogP contribution in [0.5, 0.6) is 34.5 Å². The lowest BCUT2D eigenvalue weighted by Crippen LogP contribution is -2.11. The van der Waals surface area contributed by atoms with E-state index in [0.29, 0.717) is 82.2 Å². The molecule has 0 radical (unpaired) electrons. The van der Waals surface area contributed by atoms with Crippen molar-refractivity contribution in [1.82, 2.24) is 0 Å². The summed E-state index contributed by atoms with van der Waals surface area (Å²) < 4.78 is 41.9. The summed E-state index contributed by atoms with van der Waals surface area (Å²) >= 11 is 0. The zero-order chi connectivity index (χ0) is 38.4. The molecule has 6 aromatic carbocycles. The molecule has 55 heavy (non-hydrogen) atoms. The Morgan fingerprint density at radius 2 is 0.782 bits per heavy atom. The summed E-state index contributed by atoms with van der Waals surface area (Å²) in [4.78, 5) is 14.2. The number of methoxy groups -OCH3 is 3. The molecule has 6 rings (SSSR count). The van der Waals surface area contributed by atoms with Crippen LogP contribution in [0.25, 0.3) is 11.1 Å². The van der Waals surface area contributed by atoms with E-state index in [2.05, 4.69) is 0 Å². The molecule has 0 atom stereocenters. The van der Waals surface area contributed by atoms with Crippen molar-refractivity contribution in [3.8, 4) is 34.5 Å². The minimum absolute atomic E-state index is 0.163. The van der Waals surface area contributed by atoms with E-state index < -0.39 is 5.97 Å². The van der Waals surface area contributed by atoms with Gasteiger partial charge in [0.1, 0.15) is 19.8 Å². The van der Waals surface area contributed by atoms with Gasteiger partial charge in [-0.05, 0) is 76.7 Å². The van der Waals surface area contributed by atoms with Gasteiger partial charge in [-0.2, -0.15) is 0 Å². The molecule has 8 nitrogen and oxygen atoms in total. The maximum Gasteiger partial charge on any atom is 0.339 e. The normalized spacial score (nSPS) is 10.5. The van der Waals surface area contributed by atoms with Crippen LogP contribution >= 0.6 is 0 Å². The van der Waals surface area contributed by atoms with E-state index >= 15 is 0 Å². The van der Waals surface area contributed by atoms with Crippen molar-refractivity contribution in [3.63, 3.8) is 0 Å². The second-order valence-electron chi connectivity index (χ2n) is 12.4. The number of ether oxygens (including phenoxy) is 7. The van der Waals surface area contributed by atoms with Gasteiger partial charge in [-0.3, -0.25) is 0 Å². The van der Waals surface area contributed by atoms with Crippen molar-refractivity contribution in [2.75, 3.05) is 27.9 Å². The maximum absolute atomic E-state index is 14.2. The van der Waals surface area contributed by atoms with Gasteiger partial charge >= 0.3 is 5.97 Å². The fourth-order valence-electron chi connectivity index (χ4n) is 6.06. The number of carbonyl (C=O) groups is 1. The molecule has 0 unspecified atom stereocenters. The van der Waals surface area contributed by atoms with Crippen LogP contribution in [0.1, 0.15) is 40.3 Å². The number of carbonyl (C=O) groups excluding carboxylic acids is 1. The van der Waals surface area contributed by atoms with Gasteiger partial charge in [-0.1, -0.05) is 109 Å². The Morgan fingerprint density at radius 3 is 1.13 bits per heavy atom. The number of esters is 1. The minimum atomic E-state index is -0.524. The molecule has 0 spiro atoms. The standard InChI is InChI=1S/C47H44O8/c1-5-52-47(48)46(38-23-26-41(44(29-38)51-4)55-32-35-19-13-8-14-20-35)45(36-21-24-39(42(27-36)49-2)53-30-33-15-9-6-10-16-33)37-22-25-40(43(28-37)50-3)54-31-34-17-11-7-12-18-34/h6-29H,5,30-32H2,1-4H3. The van der Waals surface area contributed by atoms with Gasteiger partial charge in [0.25, 0.3) is 0 Å². The van der Waals surface area contributed by atoms with E-state index in [0.717, 1.165) is 16.7 Å². The maximum atomic E-state index is 14.2. The molecule has 0 aromatic heterocycles. The Labute approximate surface area is 322 Å². The van der Waals surface area contributed by atoms with Crippen molar-refractivity contribution in [2.45, 2.75) is 26.7 Å². The Hall–Kier alpha value is -6.67. The van der Waals surface area contributed by atoms with Crippen LogP contribution in [0.2, 0.25) is 0 Å². The van der Waals surface area contributed by atoms with E-state index in [9.17, 15) is 4.79 Å². The largest absolute Gasteiger partial charge is 0.493 e. The van der Waals surface area contributed by atoms with Crippen LogP contribution < -0.4 is 28.4 Å². The predicted molar refractivity (Wildman–Crippen MR) is 214 cm³/mol. The van der Waals surface area contributed by atoms with Crippen LogP contribution in [0.15, 0.2) is 146 Å². The van der Waals surface area contributed by atoms with Gasteiger partial charge in [0, 0.05) is 5.57 Å². The summed E-state index contributed by atoms with van der Waals surface area (Å²) in [6.45, 7) is 3.00. The van der Waals surface area contributed by atoms with Crippen molar-refractivity contribution < 1.29 is 38.0 Å². The van der Waals surface area contributed by atoms with Gasteiger partial charge in [0.15, 0.2) is 34.5 Å². The second-order valence-corrected chi connectivity index (χ2v) is 12.4. The average molecular weight is 737 g/mol. The smallest absolute Gasteiger partial charge is 0.339 e. The Morgan fingerprint density at radius 1 is 0.436 bits per heavy atom. The van der Waals surface area contributed by atoms with Crippen molar-refractivity contribution >= 4 is 17.1 Å². The van der Waals surface area contributed by atoms with Crippen molar-refractivity contribution in [3.05, 3.63) is 179 Å². The zero-order valence-electron chi connectivity index (χ0n) is 31.5. The lowest BCUT2D eigenvalue weighted by atomic mass is 9.88. The van der Waals surface area contributed by atoms with Gasteiger partial charge in [0.2, 0.25) is 0 Å². The van der Waals surface area contributed by atoms with Gasteiger partial charge in [0.05, 0.1) is 33.5 Å². The molecule has 0 amide bonds. The fourth-order valence-corrected chi connectivity index (χ4v) is 6.06. The number of hydrogen-bond acceptors (Lipinski definition) is 8. The van der Waals surface area contributed by atoms with E-state index in [1.807, 2.05) is 133 Å². The molecule has 0 fully saturated rings. The van der Waals surface area contributed by atoms with E-state index in [4.69, 9.17) is 33.2 Å². The fraction of sp³-hybridized carbons (Fsp3) is 0.170. The van der Waals surface area contributed by atoms with Crippen LogP contribution in [0, 0.1) is 0 Å². The highest BCUT2D eigenvalue weighted by atomic mass is 16.5. The third-order valence-electron chi connectivity index (χ3n) is 8.80. The first-order valence-corrected chi connectivity index (χ1v) is 18.0. The minimum Gasteiger partial charge on any atom is -0.493 e. The summed E-state index contributed by atoms with van der Waals surface area (Å²) in [5, 5.41) is 0. The number of rotatable bonds is 17. The molecule has 0 heterocycles. The summed E-state index contributed by atoms with van der Waals surface area (Å²) in [5.74, 6) is 2.55. The molecule has 0 aliphatic carbocycles. The first-order chi connectivity index (χ1) is 27.0. The lowest BCUT2D eigenvalue weighted by Gasteiger charge is -2.20. The van der Waals surface area contributed by atoms with Crippen LogP contribution in [-0.4, -0.2) is 33.9 Å². The zero-order valence-corrected chi connectivity index (χ0v) is 31.5. The first kappa shape index (κ1) is 38.1. The van der Waals surface area contributed by atoms with E-state index in [1.165, 1.54) is 0 Å². The number of hydrogen-bond donors (Lipinski definition) is 0. The highest BCUT2D eigenvalue weighted by Crippen LogP contribution is 2.42. The molecule has 280 valence electrons. The molecule has 0 aliphatic rings. The molecule has 0 saturated heterocycles. The Balaban J connectivity index is 1.48. The summed E-state index contributed by atoms with van der Waals surface area (Å²) in [6.07, 6.45) is 0. The van der Waals surface area contributed by atoms with Crippen LogP contribution in [-0.2, 0) is 29.4 Å². The van der Waals surface area contributed by atoms with E-state index in [1.54, 1.807) is 40.4 Å². The molecular weight excluding hydrogens is 693 g/mol. The van der Waals surface area contributed by atoms with Crippen LogP contribution in [0.3, 0.4) is 0 Å². The second kappa shape index (κ2) is 18.9. The molecular formula is C47H44O8. The SMILES string of the molecule is CCOC(=O)C(=C(c1ccc(OCc2ccccc2)c(OC)c1)c1ccc(OCc2ccccc2)c(OC)c1)c1ccc(OCc2ccccc2)c(OC)c1. The molecule has 0 N–H and O–H groups in total. The van der Waals surface area contributed by atoms with Crippen molar-refractivity contribution in [1.29, 1.82) is 0 Å². The van der Waals surface area contributed by atoms with Crippen LogP contribution in [0.4, 0.5) is 0 Å².